The molecule has 19 heavy (non-hydrogen) atoms. The van der Waals surface area contributed by atoms with Crippen LogP contribution in [0, 0.1) is 5.92 Å². The first-order valence-corrected chi connectivity index (χ1v) is 7.70. The molecule has 0 radical (unpaired) electrons. The molecule has 0 fully saturated rings. The van der Waals surface area contributed by atoms with Crippen LogP contribution < -0.4 is 5.73 Å². The molecule has 3 N–H and O–H groups in total. The van der Waals surface area contributed by atoms with E-state index in [4.69, 9.17) is 5.73 Å². The predicted molar refractivity (Wildman–Crippen MR) is 76.4 cm³/mol. The number of nitrogens with zero attached hydrogens (tertiary/aromatic N) is 1. The number of sulfonamides is 1. The van der Waals surface area contributed by atoms with Gasteiger partial charge in [0, 0.05) is 12.6 Å². The molecule has 1 aromatic rings. The number of nitrogen functional groups attached to an aromatic ring is 1. The van der Waals surface area contributed by atoms with Gasteiger partial charge in [-0.1, -0.05) is 13.8 Å². The molecule has 1 aromatic carbocycles. The first kappa shape index (κ1) is 15.8. The Labute approximate surface area is 115 Å². The normalized spacial score (nSPS) is 12.6. The van der Waals surface area contributed by atoms with Gasteiger partial charge in [-0.25, -0.2) is 8.42 Å². The van der Waals surface area contributed by atoms with Crippen LogP contribution in [0.2, 0.25) is 0 Å². The zero-order chi connectivity index (χ0) is 14.8. The Bertz CT molecular complexity index is 539. The summed E-state index contributed by atoms with van der Waals surface area (Å²) in [5.41, 5.74) is 5.63. The third-order valence-electron chi connectivity index (χ3n) is 2.73. The van der Waals surface area contributed by atoms with Gasteiger partial charge in [0.15, 0.2) is 0 Å². The Hall–Kier alpha value is -1.27. The summed E-state index contributed by atoms with van der Waals surface area (Å²) in [5.74, 6) is 0.116. The van der Waals surface area contributed by atoms with Crippen LogP contribution in [-0.2, 0) is 10.0 Å². The molecule has 5 nitrogen and oxygen atoms in total. The van der Waals surface area contributed by atoms with Crippen molar-refractivity contribution < 1.29 is 13.5 Å². The van der Waals surface area contributed by atoms with Gasteiger partial charge in [-0.2, -0.15) is 4.31 Å². The summed E-state index contributed by atoms with van der Waals surface area (Å²) in [5, 5.41) is 9.37. The van der Waals surface area contributed by atoms with Crippen LogP contribution in [0.5, 0.6) is 5.75 Å². The van der Waals surface area contributed by atoms with Crippen molar-refractivity contribution in [3.63, 3.8) is 0 Å². The monoisotopic (exact) mass is 286 g/mol. The number of hydrogen-bond donors (Lipinski definition) is 2. The molecule has 0 aliphatic carbocycles. The van der Waals surface area contributed by atoms with Gasteiger partial charge in [0.25, 0.3) is 0 Å². The van der Waals surface area contributed by atoms with E-state index in [2.05, 4.69) is 0 Å². The lowest BCUT2D eigenvalue weighted by Crippen LogP contribution is -2.39. The molecule has 108 valence electrons. The highest BCUT2D eigenvalue weighted by Crippen LogP contribution is 2.26. The molecule has 0 saturated heterocycles. The molecule has 6 heteroatoms. The quantitative estimate of drug-likeness (QED) is 0.641. The van der Waals surface area contributed by atoms with Crippen LogP contribution in [0.15, 0.2) is 23.1 Å². The summed E-state index contributed by atoms with van der Waals surface area (Å²) in [7, 11) is -3.59. The van der Waals surface area contributed by atoms with Gasteiger partial charge >= 0.3 is 0 Å². The van der Waals surface area contributed by atoms with Crippen LogP contribution in [-0.4, -0.2) is 30.4 Å². The first-order chi connectivity index (χ1) is 8.66. The summed E-state index contributed by atoms with van der Waals surface area (Å²) >= 11 is 0. The highest BCUT2D eigenvalue weighted by molar-refractivity contribution is 7.89. The number of phenolic OH excluding ortho intramolecular Hbond substituents is 1. The fourth-order valence-corrected chi connectivity index (χ4v) is 3.61. The average molecular weight is 286 g/mol. The molecule has 0 aromatic heterocycles. The van der Waals surface area contributed by atoms with E-state index >= 15 is 0 Å². The van der Waals surface area contributed by atoms with E-state index in [0.29, 0.717) is 6.54 Å². The van der Waals surface area contributed by atoms with Gasteiger partial charge in [0.05, 0.1) is 10.6 Å². The molecule has 1 rings (SSSR count). The van der Waals surface area contributed by atoms with Crippen molar-refractivity contribution in [2.24, 2.45) is 5.92 Å². The summed E-state index contributed by atoms with van der Waals surface area (Å²) in [6.45, 7) is 8.06. The Morgan fingerprint density at radius 2 is 1.84 bits per heavy atom. The lowest BCUT2D eigenvalue weighted by atomic mass is 10.2. The van der Waals surface area contributed by atoms with Crippen LogP contribution in [0.4, 0.5) is 5.69 Å². The second kappa shape index (κ2) is 5.79. The van der Waals surface area contributed by atoms with E-state index in [1.165, 1.54) is 22.5 Å². The number of rotatable bonds is 5. The number of phenols is 1. The lowest BCUT2D eigenvalue weighted by Gasteiger charge is -2.27. The van der Waals surface area contributed by atoms with E-state index in [1.54, 1.807) is 0 Å². The largest absolute Gasteiger partial charge is 0.506 e. The van der Waals surface area contributed by atoms with Crippen molar-refractivity contribution in [1.82, 2.24) is 4.31 Å². The average Bonchev–Trinajstić information content (AvgIpc) is 2.28. The van der Waals surface area contributed by atoms with Crippen molar-refractivity contribution in [2.45, 2.75) is 38.6 Å². The molecule has 0 aliphatic rings. The van der Waals surface area contributed by atoms with Crippen molar-refractivity contribution in [2.75, 3.05) is 12.3 Å². The summed E-state index contributed by atoms with van der Waals surface area (Å²) in [6, 6.07) is 3.83. The number of aromatic hydroxyl groups is 1. The number of hydrogen-bond acceptors (Lipinski definition) is 4. The first-order valence-electron chi connectivity index (χ1n) is 6.26. The Kier molecular flexibility index (Phi) is 4.81. The smallest absolute Gasteiger partial charge is 0.243 e. The minimum atomic E-state index is -3.59. The molecule has 0 heterocycles. The van der Waals surface area contributed by atoms with Gasteiger partial charge in [-0.05, 0) is 38.0 Å². The third kappa shape index (κ3) is 3.61. The maximum atomic E-state index is 12.6. The zero-order valence-corrected chi connectivity index (χ0v) is 12.6. The maximum Gasteiger partial charge on any atom is 0.243 e. The molecular formula is C13H22N2O3S. The van der Waals surface area contributed by atoms with Crippen molar-refractivity contribution in [1.29, 1.82) is 0 Å². The van der Waals surface area contributed by atoms with Gasteiger partial charge < -0.3 is 10.8 Å². The lowest BCUT2D eigenvalue weighted by molar-refractivity contribution is 0.319. The van der Waals surface area contributed by atoms with Crippen molar-refractivity contribution in [3.05, 3.63) is 18.2 Å². The highest BCUT2D eigenvalue weighted by atomic mass is 32.2. The van der Waals surface area contributed by atoms with Gasteiger partial charge in [-0.3, -0.25) is 0 Å². The molecule has 0 spiro atoms. The minimum Gasteiger partial charge on any atom is -0.506 e. The van der Waals surface area contributed by atoms with Crippen LogP contribution >= 0.6 is 0 Å². The maximum absolute atomic E-state index is 12.6. The molecular weight excluding hydrogens is 264 g/mol. The van der Waals surface area contributed by atoms with E-state index in [0.717, 1.165) is 0 Å². The second-order valence-electron chi connectivity index (χ2n) is 5.28. The summed E-state index contributed by atoms with van der Waals surface area (Å²) in [6.07, 6.45) is 0. The fourth-order valence-electron chi connectivity index (χ4n) is 1.77. The molecule has 0 amide bonds. The van der Waals surface area contributed by atoms with Crippen LogP contribution in [0.1, 0.15) is 27.7 Å². The highest BCUT2D eigenvalue weighted by Gasteiger charge is 2.27. The van der Waals surface area contributed by atoms with Crippen LogP contribution in [0.3, 0.4) is 0 Å². The van der Waals surface area contributed by atoms with Crippen molar-refractivity contribution >= 4 is 15.7 Å². The summed E-state index contributed by atoms with van der Waals surface area (Å²) < 4.78 is 26.6. The zero-order valence-electron chi connectivity index (χ0n) is 11.8. The molecule has 0 aliphatic heterocycles. The minimum absolute atomic E-state index is 0.0642. The second-order valence-corrected chi connectivity index (χ2v) is 7.17. The van der Waals surface area contributed by atoms with Gasteiger partial charge in [0.1, 0.15) is 5.75 Å². The number of nitrogens with two attached hydrogens (primary N) is 1. The Balaban J connectivity index is 3.22. The van der Waals surface area contributed by atoms with Crippen LogP contribution in [0.25, 0.3) is 0 Å². The van der Waals surface area contributed by atoms with E-state index in [1.807, 2.05) is 27.7 Å². The molecule has 0 saturated carbocycles. The fraction of sp³-hybridized carbons (Fsp3) is 0.538. The molecule has 0 atom stereocenters. The van der Waals surface area contributed by atoms with E-state index in [9.17, 15) is 13.5 Å². The number of anilines is 1. The Morgan fingerprint density at radius 3 is 2.26 bits per heavy atom. The topological polar surface area (TPSA) is 83.6 Å². The number of benzene rings is 1. The van der Waals surface area contributed by atoms with E-state index < -0.39 is 10.0 Å². The van der Waals surface area contributed by atoms with Gasteiger partial charge in [0.2, 0.25) is 10.0 Å². The molecule has 0 bridgehead atoms. The molecule has 0 unspecified atom stereocenters. The SMILES string of the molecule is CC(C)CN(C(C)C)S(=O)(=O)c1ccc(O)c(N)c1. The predicted octanol–water partition coefficient (Wildman–Crippen LogP) is 2.03. The van der Waals surface area contributed by atoms with Gasteiger partial charge in [-0.15, -0.1) is 0 Å². The van der Waals surface area contributed by atoms with Crippen molar-refractivity contribution in [3.8, 4) is 5.75 Å². The Morgan fingerprint density at radius 1 is 1.26 bits per heavy atom. The third-order valence-corrected chi connectivity index (χ3v) is 4.76. The standard InChI is InChI=1S/C13H22N2O3S/c1-9(2)8-15(10(3)4)19(17,18)11-5-6-13(16)12(14)7-11/h5-7,9-10,16H,8,14H2,1-4H3. The van der Waals surface area contributed by atoms with E-state index in [-0.39, 0.29) is 28.3 Å². The summed E-state index contributed by atoms with van der Waals surface area (Å²) in [4.78, 5) is 0.108.